The molecule has 0 spiro atoms. The summed E-state index contributed by atoms with van der Waals surface area (Å²) in [5.41, 5.74) is 0. The van der Waals surface area contributed by atoms with Crippen molar-refractivity contribution in [3.8, 4) is 0 Å². The molecule has 0 amide bonds. The van der Waals surface area contributed by atoms with Crippen molar-refractivity contribution < 1.29 is 16.5 Å². The predicted molar refractivity (Wildman–Crippen MR) is 35.9 cm³/mol. The molecule has 4 nitrogen and oxygen atoms in total. The van der Waals surface area contributed by atoms with Gasteiger partial charge in [-0.2, -0.15) is 8.42 Å². The minimum atomic E-state index is -3.66. The molecule has 0 saturated carbocycles. The smallest absolute Gasteiger partial charge is 0.298 e. The summed E-state index contributed by atoms with van der Waals surface area (Å²) in [6.07, 6.45) is 0. The van der Waals surface area contributed by atoms with Gasteiger partial charge in [0.05, 0.1) is 7.11 Å². The molecule has 0 atom stereocenters. The van der Waals surface area contributed by atoms with Gasteiger partial charge in [-0.25, -0.2) is 0 Å². The van der Waals surface area contributed by atoms with Gasteiger partial charge in [0, 0.05) is 0 Å². The normalized spacial score (nSPS) is 12.4. The summed E-state index contributed by atoms with van der Waals surface area (Å²) in [7, 11) is -4.11. The van der Waals surface area contributed by atoms with Gasteiger partial charge in [0.15, 0.2) is 9.04 Å². The molecule has 6 heteroatoms. The van der Waals surface area contributed by atoms with Crippen LogP contribution in [-0.4, -0.2) is 24.6 Å². The summed E-state index contributed by atoms with van der Waals surface area (Å²) in [4.78, 5) is 0. The molecule has 0 aliphatic carbocycles. The SMILES string of the molecule is COS(=O)(=O)O[SiH](C)C. The van der Waals surface area contributed by atoms with Crippen LogP contribution in [0.25, 0.3) is 0 Å². The Bertz CT molecular complexity index is 161. The van der Waals surface area contributed by atoms with E-state index < -0.39 is 19.4 Å². The van der Waals surface area contributed by atoms with Crippen LogP contribution in [0.5, 0.6) is 0 Å². The van der Waals surface area contributed by atoms with Gasteiger partial charge in [0.1, 0.15) is 0 Å². The van der Waals surface area contributed by atoms with E-state index in [0.29, 0.717) is 0 Å². The molecule has 0 heterocycles. The molecule has 0 saturated heterocycles. The lowest BCUT2D eigenvalue weighted by Crippen LogP contribution is -2.16. The zero-order valence-corrected chi connectivity index (χ0v) is 7.59. The molecule has 0 aliphatic rings. The molecule has 0 aromatic carbocycles. The Morgan fingerprint density at radius 2 is 1.78 bits per heavy atom. The van der Waals surface area contributed by atoms with E-state index >= 15 is 0 Å². The number of hydrogen-bond donors (Lipinski definition) is 0. The average molecular weight is 170 g/mol. The van der Waals surface area contributed by atoms with Crippen LogP contribution in [0.1, 0.15) is 0 Å². The largest absolute Gasteiger partial charge is 0.389 e. The topological polar surface area (TPSA) is 52.6 Å². The van der Waals surface area contributed by atoms with Crippen molar-refractivity contribution in [2.24, 2.45) is 0 Å². The van der Waals surface area contributed by atoms with Crippen molar-refractivity contribution in [2.45, 2.75) is 13.1 Å². The summed E-state index contributed by atoms with van der Waals surface area (Å²) in [6.45, 7) is 3.49. The van der Waals surface area contributed by atoms with Crippen LogP contribution in [0.3, 0.4) is 0 Å². The maximum absolute atomic E-state index is 10.4. The van der Waals surface area contributed by atoms with E-state index in [0.717, 1.165) is 7.11 Å². The highest BCUT2D eigenvalue weighted by atomic mass is 32.3. The Labute approximate surface area is 56.8 Å². The van der Waals surface area contributed by atoms with E-state index in [9.17, 15) is 8.42 Å². The van der Waals surface area contributed by atoms with Gasteiger partial charge in [-0.1, -0.05) is 0 Å². The fourth-order valence-corrected chi connectivity index (χ4v) is 2.47. The summed E-state index contributed by atoms with van der Waals surface area (Å²) in [6, 6.07) is 0. The van der Waals surface area contributed by atoms with Crippen LogP contribution in [0.15, 0.2) is 0 Å². The highest BCUT2D eigenvalue weighted by Crippen LogP contribution is 1.95. The third kappa shape index (κ3) is 4.58. The van der Waals surface area contributed by atoms with Gasteiger partial charge in [-0.05, 0) is 13.1 Å². The third-order valence-corrected chi connectivity index (χ3v) is 3.41. The van der Waals surface area contributed by atoms with Crippen LogP contribution >= 0.6 is 0 Å². The lowest BCUT2D eigenvalue weighted by atomic mass is 11.8. The minimum absolute atomic E-state index is 1.08. The summed E-state index contributed by atoms with van der Waals surface area (Å²) in [5, 5.41) is 0. The molecular formula is C3H10O4SSi. The Balaban J connectivity index is 3.90. The van der Waals surface area contributed by atoms with Gasteiger partial charge in [0.2, 0.25) is 0 Å². The molecule has 0 unspecified atom stereocenters. The Kier molecular flexibility index (Phi) is 3.34. The first-order valence-corrected chi connectivity index (χ1v) is 6.58. The molecule has 0 N–H and O–H groups in total. The molecule has 0 fully saturated rings. The summed E-state index contributed by atoms with van der Waals surface area (Å²) >= 11 is 0. The van der Waals surface area contributed by atoms with Gasteiger partial charge in [-0.3, -0.25) is 8.06 Å². The monoisotopic (exact) mass is 170 g/mol. The first kappa shape index (κ1) is 9.09. The fourth-order valence-electron chi connectivity index (χ4n) is 0.275. The van der Waals surface area contributed by atoms with Crippen LogP contribution in [-0.2, 0) is 18.5 Å². The third-order valence-electron chi connectivity index (χ3n) is 0.514. The van der Waals surface area contributed by atoms with Crippen LogP contribution in [0.4, 0.5) is 0 Å². The van der Waals surface area contributed by atoms with Crippen molar-refractivity contribution in [2.75, 3.05) is 7.11 Å². The maximum atomic E-state index is 10.4. The molecular weight excluding hydrogens is 160 g/mol. The van der Waals surface area contributed by atoms with Crippen LogP contribution < -0.4 is 0 Å². The first-order chi connectivity index (χ1) is 3.98. The number of rotatable bonds is 3. The van der Waals surface area contributed by atoms with Crippen molar-refractivity contribution in [3.63, 3.8) is 0 Å². The molecule has 0 bridgehead atoms. The Hall–Kier alpha value is 0.0869. The molecule has 0 aromatic rings. The molecule has 9 heavy (non-hydrogen) atoms. The zero-order chi connectivity index (χ0) is 7.49. The second kappa shape index (κ2) is 3.30. The average Bonchev–Trinajstić information content (AvgIpc) is 1.63. The fraction of sp³-hybridized carbons (Fsp3) is 1.00. The van der Waals surface area contributed by atoms with E-state index in [2.05, 4.69) is 8.06 Å². The van der Waals surface area contributed by atoms with E-state index in [-0.39, 0.29) is 0 Å². The highest BCUT2D eigenvalue weighted by Gasteiger charge is 2.10. The van der Waals surface area contributed by atoms with Gasteiger partial charge < -0.3 is 0 Å². The van der Waals surface area contributed by atoms with Gasteiger partial charge in [0.25, 0.3) is 0 Å². The first-order valence-electron chi connectivity index (χ1n) is 2.47. The van der Waals surface area contributed by atoms with Gasteiger partial charge in [-0.15, -0.1) is 0 Å². The van der Waals surface area contributed by atoms with E-state index in [4.69, 9.17) is 0 Å². The van der Waals surface area contributed by atoms with Crippen molar-refractivity contribution in [3.05, 3.63) is 0 Å². The Morgan fingerprint density at radius 1 is 1.33 bits per heavy atom. The molecule has 0 rings (SSSR count). The van der Waals surface area contributed by atoms with E-state index in [1.54, 1.807) is 13.1 Å². The van der Waals surface area contributed by atoms with Crippen molar-refractivity contribution in [1.29, 1.82) is 0 Å². The van der Waals surface area contributed by atoms with E-state index in [1.165, 1.54) is 0 Å². The summed E-state index contributed by atoms with van der Waals surface area (Å²) in [5.74, 6) is 0. The lowest BCUT2D eigenvalue weighted by Gasteiger charge is -2.03. The van der Waals surface area contributed by atoms with Crippen LogP contribution in [0.2, 0.25) is 13.1 Å². The highest BCUT2D eigenvalue weighted by molar-refractivity contribution is 7.82. The van der Waals surface area contributed by atoms with E-state index in [1.807, 2.05) is 0 Å². The quantitative estimate of drug-likeness (QED) is 0.554. The van der Waals surface area contributed by atoms with Crippen LogP contribution in [0, 0.1) is 0 Å². The lowest BCUT2D eigenvalue weighted by molar-refractivity contribution is 0.333. The molecule has 0 radical (unpaired) electrons. The maximum Gasteiger partial charge on any atom is 0.389 e. The molecule has 0 aliphatic heterocycles. The molecule has 0 aromatic heterocycles. The summed E-state index contributed by atoms with van der Waals surface area (Å²) < 4.78 is 29.3. The number of hydrogen-bond acceptors (Lipinski definition) is 4. The predicted octanol–water partition coefficient (Wildman–Crippen LogP) is -0.122. The minimum Gasteiger partial charge on any atom is -0.298 e. The van der Waals surface area contributed by atoms with Crippen molar-refractivity contribution in [1.82, 2.24) is 0 Å². The van der Waals surface area contributed by atoms with Crippen molar-refractivity contribution >= 4 is 19.4 Å². The standard InChI is InChI=1S/C3H10O4SSi/c1-6-8(4,5)7-9(2)3/h9H,1-3H3. The Morgan fingerprint density at radius 3 is 1.89 bits per heavy atom. The molecule has 56 valence electrons. The second-order valence-corrected chi connectivity index (χ2v) is 5.74. The second-order valence-electron chi connectivity index (χ2n) is 1.72. The zero-order valence-electron chi connectivity index (χ0n) is 5.62. The van der Waals surface area contributed by atoms with Gasteiger partial charge >= 0.3 is 10.4 Å².